The van der Waals surface area contributed by atoms with Gasteiger partial charge in [-0.3, -0.25) is 4.79 Å². The molecule has 5 nitrogen and oxygen atoms in total. The molecule has 7 heteroatoms. The number of nitrogens with one attached hydrogen (secondary N) is 1. The van der Waals surface area contributed by atoms with Gasteiger partial charge in [0.05, 0.1) is 18.4 Å². The van der Waals surface area contributed by atoms with Crippen molar-refractivity contribution >= 4 is 35.0 Å². The second-order valence-electron chi connectivity index (χ2n) is 8.05. The molecular formula is C29H24ClN3O2S. The van der Waals surface area contributed by atoms with E-state index >= 15 is 0 Å². The number of hydrogen-bond acceptors (Lipinski definition) is 5. The van der Waals surface area contributed by atoms with Crippen LogP contribution >= 0.6 is 23.4 Å². The molecule has 0 saturated carbocycles. The molecule has 0 atom stereocenters. The lowest BCUT2D eigenvalue weighted by atomic mass is 9.99. The molecule has 1 N–H and O–H groups in total. The van der Waals surface area contributed by atoms with Gasteiger partial charge in [0, 0.05) is 34.0 Å². The summed E-state index contributed by atoms with van der Waals surface area (Å²) in [5.74, 6) is 1.08. The van der Waals surface area contributed by atoms with E-state index in [0.717, 1.165) is 33.7 Å². The first kappa shape index (κ1) is 25.3. The van der Waals surface area contributed by atoms with Crippen molar-refractivity contribution in [3.8, 4) is 34.2 Å². The minimum Gasteiger partial charge on any atom is -0.497 e. The number of anilines is 1. The van der Waals surface area contributed by atoms with Crippen LogP contribution in [0.3, 0.4) is 0 Å². The Hall–Kier alpha value is -3.79. The second kappa shape index (κ2) is 11.8. The SMILES string of the molecule is COc1ccc(-c2cc(-c3ccccc3)nc(SCCC(=O)Nc3cc(Cl)ccc3C)c2C#N)cc1. The van der Waals surface area contributed by atoms with Crippen LogP contribution in [-0.4, -0.2) is 23.8 Å². The maximum atomic E-state index is 12.6. The zero-order chi connectivity index (χ0) is 25.5. The van der Waals surface area contributed by atoms with Crippen LogP contribution in [0.1, 0.15) is 17.5 Å². The van der Waals surface area contributed by atoms with Gasteiger partial charge in [-0.1, -0.05) is 60.1 Å². The van der Waals surface area contributed by atoms with E-state index in [1.54, 1.807) is 19.2 Å². The predicted molar refractivity (Wildman–Crippen MR) is 147 cm³/mol. The summed E-state index contributed by atoms with van der Waals surface area (Å²) in [5.41, 5.74) is 5.51. The minimum absolute atomic E-state index is 0.124. The number of aryl methyl sites for hydroxylation is 1. The van der Waals surface area contributed by atoms with Crippen molar-refractivity contribution in [2.75, 3.05) is 18.2 Å². The third-order valence-corrected chi connectivity index (χ3v) is 6.82. The van der Waals surface area contributed by atoms with Gasteiger partial charge in [0.2, 0.25) is 5.91 Å². The molecule has 0 fully saturated rings. The van der Waals surface area contributed by atoms with Gasteiger partial charge < -0.3 is 10.1 Å². The van der Waals surface area contributed by atoms with Crippen LogP contribution in [0.25, 0.3) is 22.4 Å². The Morgan fingerprint density at radius 3 is 2.50 bits per heavy atom. The number of carbonyl (C=O) groups is 1. The number of ether oxygens (including phenoxy) is 1. The Balaban J connectivity index is 1.60. The molecule has 0 aliphatic heterocycles. The number of rotatable bonds is 8. The zero-order valence-corrected chi connectivity index (χ0v) is 21.5. The van der Waals surface area contributed by atoms with Crippen LogP contribution in [0.15, 0.2) is 83.9 Å². The number of methoxy groups -OCH3 is 1. The molecule has 0 saturated heterocycles. The summed E-state index contributed by atoms with van der Waals surface area (Å²) < 4.78 is 5.28. The van der Waals surface area contributed by atoms with Crippen molar-refractivity contribution in [1.82, 2.24) is 4.98 Å². The highest BCUT2D eigenvalue weighted by atomic mass is 35.5. The fraction of sp³-hybridized carbons (Fsp3) is 0.138. The number of amides is 1. The molecule has 0 aliphatic rings. The number of hydrogen-bond donors (Lipinski definition) is 1. The van der Waals surface area contributed by atoms with Crippen molar-refractivity contribution in [2.45, 2.75) is 18.4 Å². The first-order valence-corrected chi connectivity index (χ1v) is 12.7. The van der Waals surface area contributed by atoms with E-state index in [9.17, 15) is 10.1 Å². The normalized spacial score (nSPS) is 10.5. The summed E-state index contributed by atoms with van der Waals surface area (Å²) in [4.78, 5) is 17.4. The average molecular weight is 514 g/mol. The van der Waals surface area contributed by atoms with Crippen molar-refractivity contribution in [2.24, 2.45) is 0 Å². The lowest BCUT2D eigenvalue weighted by Crippen LogP contribution is -2.13. The number of halogens is 1. The lowest BCUT2D eigenvalue weighted by molar-refractivity contribution is -0.115. The van der Waals surface area contributed by atoms with Gasteiger partial charge >= 0.3 is 0 Å². The molecule has 180 valence electrons. The second-order valence-corrected chi connectivity index (χ2v) is 9.57. The van der Waals surface area contributed by atoms with Crippen LogP contribution in [0.5, 0.6) is 5.75 Å². The number of thioether (sulfide) groups is 1. The number of pyridine rings is 1. The van der Waals surface area contributed by atoms with E-state index in [0.29, 0.717) is 27.1 Å². The monoisotopic (exact) mass is 513 g/mol. The molecule has 0 bridgehead atoms. The van der Waals surface area contributed by atoms with Crippen molar-refractivity contribution in [1.29, 1.82) is 5.26 Å². The van der Waals surface area contributed by atoms with E-state index in [1.807, 2.05) is 73.7 Å². The number of nitrogens with zero attached hydrogens (tertiary/aromatic N) is 2. The molecule has 0 aliphatic carbocycles. The van der Waals surface area contributed by atoms with Gasteiger partial charge in [-0.05, 0) is 48.4 Å². The van der Waals surface area contributed by atoms with Gasteiger partial charge in [0.25, 0.3) is 0 Å². The highest BCUT2D eigenvalue weighted by molar-refractivity contribution is 7.99. The Kier molecular flexibility index (Phi) is 8.27. The highest BCUT2D eigenvalue weighted by Gasteiger charge is 2.17. The van der Waals surface area contributed by atoms with Crippen LogP contribution in [-0.2, 0) is 4.79 Å². The van der Waals surface area contributed by atoms with Crippen LogP contribution < -0.4 is 10.1 Å². The van der Waals surface area contributed by atoms with Crippen LogP contribution in [0, 0.1) is 18.3 Å². The van der Waals surface area contributed by atoms with E-state index in [4.69, 9.17) is 21.3 Å². The molecule has 4 rings (SSSR count). The number of carbonyl (C=O) groups excluding carboxylic acids is 1. The number of aromatic nitrogens is 1. The standard InChI is InChI=1S/C29H24ClN3O2S/c1-19-8-11-22(30)16-26(19)32-28(34)14-15-36-29-25(18-31)24(20-9-12-23(35-2)13-10-20)17-27(33-29)21-6-4-3-5-7-21/h3-13,16-17H,14-15H2,1-2H3,(H,32,34). The molecule has 36 heavy (non-hydrogen) atoms. The molecule has 4 aromatic rings. The van der Waals surface area contributed by atoms with Crippen molar-refractivity contribution in [3.63, 3.8) is 0 Å². The molecule has 1 amide bonds. The fourth-order valence-electron chi connectivity index (χ4n) is 3.67. The van der Waals surface area contributed by atoms with Crippen molar-refractivity contribution < 1.29 is 9.53 Å². The maximum absolute atomic E-state index is 12.6. The molecule has 1 aromatic heterocycles. The Labute approximate surface area is 220 Å². The fourth-order valence-corrected chi connectivity index (χ4v) is 4.79. The van der Waals surface area contributed by atoms with Crippen molar-refractivity contribution in [3.05, 3.63) is 95.0 Å². The average Bonchev–Trinajstić information content (AvgIpc) is 2.91. The quantitative estimate of drug-likeness (QED) is 0.249. The highest BCUT2D eigenvalue weighted by Crippen LogP contribution is 2.35. The maximum Gasteiger partial charge on any atom is 0.225 e. The van der Waals surface area contributed by atoms with Gasteiger partial charge in [0.1, 0.15) is 16.8 Å². The minimum atomic E-state index is -0.124. The Morgan fingerprint density at radius 2 is 1.81 bits per heavy atom. The molecular weight excluding hydrogens is 490 g/mol. The largest absolute Gasteiger partial charge is 0.497 e. The molecule has 0 unspecified atom stereocenters. The Morgan fingerprint density at radius 1 is 1.06 bits per heavy atom. The summed E-state index contributed by atoms with van der Waals surface area (Å²) in [6.45, 7) is 1.92. The molecule has 0 spiro atoms. The van der Waals surface area contributed by atoms with E-state index < -0.39 is 0 Å². The first-order chi connectivity index (χ1) is 17.5. The lowest BCUT2D eigenvalue weighted by Gasteiger charge is -2.13. The number of benzene rings is 3. The van der Waals surface area contributed by atoms with E-state index in [-0.39, 0.29) is 12.3 Å². The summed E-state index contributed by atoms with van der Waals surface area (Å²) in [7, 11) is 1.62. The predicted octanol–water partition coefficient (Wildman–Crippen LogP) is 7.38. The smallest absolute Gasteiger partial charge is 0.225 e. The van der Waals surface area contributed by atoms with Crippen LogP contribution in [0.2, 0.25) is 5.02 Å². The Bertz CT molecular complexity index is 1420. The summed E-state index contributed by atoms with van der Waals surface area (Å²) in [5, 5.41) is 14.1. The molecule has 0 radical (unpaired) electrons. The third kappa shape index (κ3) is 6.06. The summed E-state index contributed by atoms with van der Waals surface area (Å²) in [6.07, 6.45) is 0.261. The summed E-state index contributed by atoms with van der Waals surface area (Å²) in [6, 6.07) is 27.1. The molecule has 3 aromatic carbocycles. The van der Waals surface area contributed by atoms with Gasteiger partial charge in [-0.15, -0.1) is 11.8 Å². The van der Waals surface area contributed by atoms with Gasteiger partial charge in [-0.25, -0.2) is 4.98 Å². The number of nitriles is 1. The van der Waals surface area contributed by atoms with Crippen LogP contribution in [0.4, 0.5) is 5.69 Å². The zero-order valence-electron chi connectivity index (χ0n) is 19.9. The van der Waals surface area contributed by atoms with E-state index in [2.05, 4.69) is 11.4 Å². The first-order valence-electron chi connectivity index (χ1n) is 11.3. The van der Waals surface area contributed by atoms with Gasteiger partial charge in [-0.2, -0.15) is 5.26 Å². The topological polar surface area (TPSA) is 75.0 Å². The third-order valence-electron chi connectivity index (χ3n) is 5.61. The summed E-state index contributed by atoms with van der Waals surface area (Å²) >= 11 is 7.46. The molecule has 1 heterocycles. The van der Waals surface area contributed by atoms with E-state index in [1.165, 1.54) is 11.8 Å². The van der Waals surface area contributed by atoms with Gasteiger partial charge in [0.15, 0.2) is 0 Å².